The minimum atomic E-state index is -3.55. The van der Waals surface area contributed by atoms with Crippen LogP contribution in [0.4, 0.5) is 0 Å². The van der Waals surface area contributed by atoms with Crippen molar-refractivity contribution in [3.63, 3.8) is 0 Å². The molecule has 4 rings (SSSR count). The average Bonchev–Trinajstić information content (AvgIpc) is 3.10. The van der Waals surface area contributed by atoms with Gasteiger partial charge in [0.05, 0.1) is 15.1 Å². The molecule has 0 bridgehead atoms. The molecule has 0 aliphatic carbocycles. The summed E-state index contributed by atoms with van der Waals surface area (Å²) in [5.41, 5.74) is 3.90. The minimum absolute atomic E-state index is 0.224. The summed E-state index contributed by atoms with van der Waals surface area (Å²) in [6.07, 6.45) is 2.86. The number of nitrogens with zero attached hydrogens (tertiary/aromatic N) is 3. The van der Waals surface area contributed by atoms with E-state index < -0.39 is 10.0 Å². The van der Waals surface area contributed by atoms with Gasteiger partial charge in [0, 0.05) is 25.2 Å². The first-order valence-corrected chi connectivity index (χ1v) is 13.8. The lowest BCUT2D eigenvalue weighted by Crippen LogP contribution is -2.39. The van der Waals surface area contributed by atoms with E-state index in [2.05, 4.69) is 49.4 Å². The number of carbonyl (C=O) groups is 1. The summed E-state index contributed by atoms with van der Waals surface area (Å²) in [5.74, 6) is -0.00716. The molecule has 1 unspecified atom stereocenters. The zero-order chi connectivity index (χ0) is 23.8. The fourth-order valence-electron chi connectivity index (χ4n) is 4.28. The minimum Gasteiger partial charge on any atom is -0.316 e. The van der Waals surface area contributed by atoms with E-state index in [1.807, 2.05) is 0 Å². The van der Waals surface area contributed by atoms with Crippen molar-refractivity contribution in [3.05, 3.63) is 57.9 Å². The summed E-state index contributed by atoms with van der Waals surface area (Å²) in [6, 6.07) is 10.5. The smallest absolute Gasteiger partial charge is 0.279 e. The largest absolute Gasteiger partial charge is 0.316 e. The van der Waals surface area contributed by atoms with Gasteiger partial charge in [0.1, 0.15) is 0 Å². The Labute approximate surface area is 199 Å². The summed E-state index contributed by atoms with van der Waals surface area (Å²) in [6.45, 7) is 10.2. The normalized spacial score (nSPS) is 18.2. The highest BCUT2D eigenvalue weighted by Gasteiger charge is 2.28. The van der Waals surface area contributed by atoms with Crippen LogP contribution in [-0.4, -0.2) is 36.3 Å². The molecule has 0 radical (unpaired) electrons. The molecule has 1 aliphatic heterocycles. The number of hydrogen-bond acceptors (Lipinski definition) is 4. The third kappa shape index (κ3) is 4.83. The first-order valence-electron chi connectivity index (χ1n) is 11.5. The molecule has 0 N–H and O–H groups in total. The molecule has 1 atom stereocenters. The SMILES string of the molecule is CCCn1c(=NC(=O)c2ccc(S(=O)(=O)N3CCCC(C)C3)cc2)sc2cc(C)c(C)cc21. The molecule has 0 spiro atoms. The van der Waals surface area contributed by atoms with Crippen LogP contribution in [0.25, 0.3) is 10.2 Å². The number of aromatic nitrogens is 1. The number of rotatable bonds is 5. The molecule has 6 nitrogen and oxygen atoms in total. The quantitative estimate of drug-likeness (QED) is 0.516. The lowest BCUT2D eigenvalue weighted by Gasteiger charge is -2.30. The topological polar surface area (TPSA) is 71.7 Å². The second kappa shape index (κ2) is 9.52. The highest BCUT2D eigenvalue weighted by molar-refractivity contribution is 7.89. The standard InChI is InChI=1S/C25H31N3O3S2/c1-5-12-28-22-14-18(3)19(4)15-23(22)32-25(28)26-24(29)20-8-10-21(11-9-20)33(30,31)27-13-6-7-17(2)16-27/h8-11,14-15,17H,5-7,12-13,16H2,1-4H3. The number of benzene rings is 2. The Morgan fingerprint density at radius 2 is 1.85 bits per heavy atom. The summed E-state index contributed by atoms with van der Waals surface area (Å²) in [4.78, 5) is 18.3. The second-order valence-electron chi connectivity index (χ2n) is 8.99. The number of sulfonamides is 1. The zero-order valence-electron chi connectivity index (χ0n) is 19.7. The van der Waals surface area contributed by atoms with Gasteiger partial charge in [0.25, 0.3) is 5.91 Å². The molecule has 1 aliphatic rings. The fraction of sp³-hybridized carbons (Fsp3) is 0.440. The predicted octanol–water partition coefficient (Wildman–Crippen LogP) is 4.89. The van der Waals surface area contributed by atoms with E-state index in [0.717, 1.165) is 36.0 Å². The van der Waals surface area contributed by atoms with E-state index in [-0.39, 0.29) is 10.8 Å². The van der Waals surface area contributed by atoms with Crippen LogP contribution in [-0.2, 0) is 16.6 Å². The van der Waals surface area contributed by atoms with Crippen LogP contribution >= 0.6 is 11.3 Å². The van der Waals surface area contributed by atoms with E-state index in [4.69, 9.17) is 0 Å². The van der Waals surface area contributed by atoms with Crippen LogP contribution in [0.5, 0.6) is 0 Å². The lowest BCUT2D eigenvalue weighted by molar-refractivity contribution is 0.0997. The number of aryl methyl sites for hydroxylation is 3. The molecule has 1 amide bonds. The van der Waals surface area contributed by atoms with E-state index in [1.165, 1.54) is 34.6 Å². The van der Waals surface area contributed by atoms with Crippen LogP contribution < -0.4 is 4.80 Å². The number of carbonyl (C=O) groups excluding carboxylic acids is 1. The van der Waals surface area contributed by atoms with Gasteiger partial charge in [0.15, 0.2) is 4.80 Å². The molecule has 176 valence electrons. The monoisotopic (exact) mass is 485 g/mol. The fourth-order valence-corrected chi connectivity index (χ4v) is 7.01. The first kappa shape index (κ1) is 23.9. The Bertz CT molecular complexity index is 1350. The Morgan fingerprint density at radius 3 is 2.52 bits per heavy atom. The maximum atomic E-state index is 13.0. The van der Waals surface area contributed by atoms with Gasteiger partial charge in [-0.3, -0.25) is 4.79 Å². The van der Waals surface area contributed by atoms with Crippen molar-refractivity contribution < 1.29 is 13.2 Å². The molecule has 1 aromatic heterocycles. The lowest BCUT2D eigenvalue weighted by atomic mass is 10.0. The van der Waals surface area contributed by atoms with Gasteiger partial charge in [-0.2, -0.15) is 9.30 Å². The number of piperidine rings is 1. The van der Waals surface area contributed by atoms with Crippen molar-refractivity contribution in [2.24, 2.45) is 10.9 Å². The van der Waals surface area contributed by atoms with Crippen molar-refractivity contribution in [2.75, 3.05) is 13.1 Å². The summed E-state index contributed by atoms with van der Waals surface area (Å²) in [5, 5.41) is 0. The molecule has 33 heavy (non-hydrogen) atoms. The van der Waals surface area contributed by atoms with E-state index in [0.29, 0.717) is 29.4 Å². The Kier molecular flexibility index (Phi) is 6.88. The van der Waals surface area contributed by atoms with E-state index in [1.54, 1.807) is 16.4 Å². The molecular weight excluding hydrogens is 454 g/mol. The van der Waals surface area contributed by atoms with Crippen LogP contribution in [0.1, 0.15) is 54.6 Å². The van der Waals surface area contributed by atoms with Crippen molar-refractivity contribution >= 4 is 37.5 Å². The van der Waals surface area contributed by atoms with E-state index in [9.17, 15) is 13.2 Å². The molecule has 0 saturated carbocycles. The number of hydrogen-bond donors (Lipinski definition) is 0. The summed E-state index contributed by atoms with van der Waals surface area (Å²) >= 11 is 1.51. The van der Waals surface area contributed by atoms with Crippen LogP contribution in [0.15, 0.2) is 46.3 Å². The van der Waals surface area contributed by atoms with Gasteiger partial charge in [-0.05, 0) is 86.6 Å². The number of thiazole rings is 1. The number of fused-ring (bicyclic) bond motifs is 1. The van der Waals surface area contributed by atoms with Gasteiger partial charge >= 0.3 is 0 Å². The third-order valence-electron chi connectivity index (χ3n) is 6.30. The van der Waals surface area contributed by atoms with Crippen molar-refractivity contribution in [3.8, 4) is 0 Å². The predicted molar refractivity (Wildman–Crippen MR) is 133 cm³/mol. The zero-order valence-corrected chi connectivity index (χ0v) is 21.3. The Hall–Kier alpha value is -2.29. The molecule has 1 saturated heterocycles. The van der Waals surface area contributed by atoms with Crippen LogP contribution in [0, 0.1) is 19.8 Å². The van der Waals surface area contributed by atoms with Crippen LogP contribution in [0.3, 0.4) is 0 Å². The van der Waals surface area contributed by atoms with E-state index >= 15 is 0 Å². The van der Waals surface area contributed by atoms with Crippen molar-refractivity contribution in [1.29, 1.82) is 0 Å². The summed E-state index contributed by atoms with van der Waals surface area (Å²) < 4.78 is 30.7. The van der Waals surface area contributed by atoms with Crippen molar-refractivity contribution in [2.45, 2.75) is 58.4 Å². The molecule has 3 aromatic rings. The Morgan fingerprint density at radius 1 is 1.15 bits per heavy atom. The first-order chi connectivity index (χ1) is 15.7. The highest BCUT2D eigenvalue weighted by atomic mass is 32.2. The Balaban J connectivity index is 1.65. The molecular formula is C25H31N3O3S2. The number of amides is 1. The maximum Gasteiger partial charge on any atom is 0.279 e. The molecule has 8 heteroatoms. The van der Waals surface area contributed by atoms with Gasteiger partial charge in [-0.1, -0.05) is 25.2 Å². The third-order valence-corrected chi connectivity index (χ3v) is 9.22. The molecule has 2 heterocycles. The highest BCUT2D eigenvalue weighted by Crippen LogP contribution is 2.24. The van der Waals surface area contributed by atoms with Gasteiger partial charge in [0.2, 0.25) is 10.0 Å². The molecule has 2 aromatic carbocycles. The van der Waals surface area contributed by atoms with Gasteiger partial charge in [-0.25, -0.2) is 8.42 Å². The second-order valence-corrected chi connectivity index (χ2v) is 11.9. The van der Waals surface area contributed by atoms with Crippen molar-refractivity contribution in [1.82, 2.24) is 8.87 Å². The van der Waals surface area contributed by atoms with Gasteiger partial charge in [-0.15, -0.1) is 0 Å². The maximum absolute atomic E-state index is 13.0. The van der Waals surface area contributed by atoms with Gasteiger partial charge < -0.3 is 4.57 Å². The summed E-state index contributed by atoms with van der Waals surface area (Å²) in [7, 11) is -3.55. The molecule has 1 fully saturated rings. The van der Waals surface area contributed by atoms with Crippen LogP contribution in [0.2, 0.25) is 0 Å². The average molecular weight is 486 g/mol.